The summed E-state index contributed by atoms with van der Waals surface area (Å²) in [4.78, 5) is 11.7. The summed E-state index contributed by atoms with van der Waals surface area (Å²) >= 11 is 3.16. The fourth-order valence-electron chi connectivity index (χ4n) is 1.80. The highest BCUT2D eigenvalue weighted by Crippen LogP contribution is 2.34. The number of hydrogen-bond donors (Lipinski definition) is 1. The van der Waals surface area contributed by atoms with Gasteiger partial charge in [-0.1, -0.05) is 0 Å². The summed E-state index contributed by atoms with van der Waals surface area (Å²) in [7, 11) is -2.69. The molecule has 0 bridgehead atoms. The van der Waals surface area contributed by atoms with Crippen molar-refractivity contribution in [1.29, 1.82) is 0 Å². The Morgan fingerprint density at radius 1 is 1.40 bits per heavy atom. The number of ether oxygens (including phenoxy) is 2. The second-order valence-corrected chi connectivity index (χ2v) is 6.88. The molecule has 1 aliphatic rings. The van der Waals surface area contributed by atoms with Gasteiger partial charge in [-0.2, -0.15) is 0 Å². The van der Waals surface area contributed by atoms with E-state index < -0.39 is 16.0 Å². The van der Waals surface area contributed by atoms with Gasteiger partial charge in [-0.05, 0) is 47.3 Å². The van der Waals surface area contributed by atoms with E-state index in [4.69, 9.17) is 14.6 Å². The van der Waals surface area contributed by atoms with Gasteiger partial charge in [-0.25, -0.2) is 18.4 Å². The summed E-state index contributed by atoms with van der Waals surface area (Å²) in [6, 6.07) is 2.62. The van der Waals surface area contributed by atoms with Gasteiger partial charge in [0.05, 0.1) is 17.1 Å². The predicted molar refractivity (Wildman–Crippen MR) is 75.1 cm³/mol. The topological polar surface area (TPSA) is 95.7 Å². The maximum atomic E-state index is 12.0. The first-order valence-electron chi connectivity index (χ1n) is 5.94. The van der Waals surface area contributed by atoms with E-state index in [2.05, 4.69) is 15.9 Å². The first-order valence-corrected chi connectivity index (χ1v) is 8.28. The number of esters is 1. The third-order valence-electron chi connectivity index (χ3n) is 3.08. The molecule has 1 fully saturated rings. The van der Waals surface area contributed by atoms with Crippen LogP contribution in [0.3, 0.4) is 0 Å². The molecule has 0 spiro atoms. The van der Waals surface area contributed by atoms with Crippen molar-refractivity contribution in [2.45, 2.75) is 30.3 Å². The predicted octanol–water partition coefficient (Wildman–Crippen LogP) is 1.81. The molecule has 0 amide bonds. The third-order valence-corrected chi connectivity index (χ3v) is 4.59. The number of halogens is 1. The number of hydrogen-bond acceptors (Lipinski definition) is 5. The van der Waals surface area contributed by atoms with Crippen molar-refractivity contribution in [3.63, 3.8) is 0 Å². The smallest absolute Gasteiger partial charge is 0.338 e. The number of primary sulfonamides is 1. The fraction of sp³-hybridized carbons (Fsp3) is 0.417. The van der Waals surface area contributed by atoms with E-state index in [1.165, 1.54) is 19.2 Å². The molecule has 1 aromatic rings. The van der Waals surface area contributed by atoms with E-state index in [0.29, 0.717) is 4.47 Å². The molecule has 0 aromatic heterocycles. The van der Waals surface area contributed by atoms with Gasteiger partial charge in [-0.3, -0.25) is 0 Å². The molecule has 20 heavy (non-hydrogen) atoms. The number of nitrogens with two attached hydrogens (primary N) is 1. The quantitative estimate of drug-likeness (QED) is 0.823. The van der Waals surface area contributed by atoms with Gasteiger partial charge in [-0.15, -0.1) is 0 Å². The van der Waals surface area contributed by atoms with E-state index in [9.17, 15) is 13.2 Å². The molecule has 6 nitrogen and oxygen atoms in total. The number of rotatable bonds is 4. The summed E-state index contributed by atoms with van der Waals surface area (Å²) in [6.07, 6.45) is 2.63. The van der Waals surface area contributed by atoms with Crippen molar-refractivity contribution in [3.05, 3.63) is 22.2 Å². The Hall–Kier alpha value is -1.12. The molecule has 8 heteroatoms. The van der Waals surface area contributed by atoms with Crippen LogP contribution in [0.1, 0.15) is 29.6 Å². The van der Waals surface area contributed by atoms with Crippen molar-refractivity contribution in [2.24, 2.45) is 5.14 Å². The molecule has 0 radical (unpaired) electrons. The van der Waals surface area contributed by atoms with Crippen LogP contribution in [0.2, 0.25) is 0 Å². The molecular weight excluding hydrogens is 350 g/mol. The van der Waals surface area contributed by atoms with Crippen LogP contribution >= 0.6 is 15.9 Å². The number of carbonyl (C=O) groups excluding carboxylic acids is 1. The Morgan fingerprint density at radius 2 is 2.05 bits per heavy atom. The van der Waals surface area contributed by atoms with Crippen molar-refractivity contribution >= 4 is 31.9 Å². The van der Waals surface area contributed by atoms with Crippen molar-refractivity contribution in [2.75, 3.05) is 7.11 Å². The summed E-state index contributed by atoms with van der Waals surface area (Å²) in [5.74, 6) is -0.504. The average molecular weight is 364 g/mol. The number of methoxy groups -OCH3 is 1. The zero-order chi connectivity index (χ0) is 14.9. The average Bonchev–Trinajstić information content (AvgIpc) is 2.31. The lowest BCUT2D eigenvalue weighted by molar-refractivity contribution is 0.00897. The molecule has 1 aromatic carbocycles. The summed E-state index contributed by atoms with van der Waals surface area (Å²) in [5, 5.41) is 5.13. The Labute approximate surface area is 125 Å². The van der Waals surface area contributed by atoms with Crippen molar-refractivity contribution in [3.8, 4) is 5.75 Å². The van der Waals surface area contributed by atoms with E-state index in [-0.39, 0.29) is 22.3 Å². The molecule has 2 N–H and O–H groups in total. The highest BCUT2D eigenvalue weighted by Gasteiger charge is 2.25. The van der Waals surface area contributed by atoms with Crippen LogP contribution in [-0.2, 0) is 14.8 Å². The standard InChI is InChI=1S/C12H14BrNO5S/c1-18-11-9(13)5-7(6-10(11)20(14,16)17)12(15)19-8-3-2-4-8/h5-6,8H,2-4H2,1H3,(H2,14,16,17). The van der Waals surface area contributed by atoms with Crippen LogP contribution in [-0.4, -0.2) is 27.6 Å². The number of sulfonamides is 1. The van der Waals surface area contributed by atoms with E-state index in [1.54, 1.807) is 0 Å². The molecule has 0 aliphatic heterocycles. The lowest BCUT2D eigenvalue weighted by atomic mass is 9.96. The van der Waals surface area contributed by atoms with Crippen LogP contribution in [0, 0.1) is 0 Å². The molecule has 0 atom stereocenters. The Balaban J connectivity index is 2.39. The summed E-state index contributed by atoms with van der Waals surface area (Å²) in [6.45, 7) is 0. The van der Waals surface area contributed by atoms with Crippen LogP contribution < -0.4 is 9.88 Å². The first kappa shape index (κ1) is 15.3. The van der Waals surface area contributed by atoms with Gasteiger partial charge < -0.3 is 9.47 Å². The highest BCUT2D eigenvalue weighted by atomic mass is 79.9. The van der Waals surface area contributed by atoms with Crippen LogP contribution in [0.5, 0.6) is 5.75 Å². The molecule has 110 valence electrons. The monoisotopic (exact) mass is 363 g/mol. The molecule has 0 heterocycles. The molecule has 1 aliphatic carbocycles. The van der Waals surface area contributed by atoms with E-state index >= 15 is 0 Å². The van der Waals surface area contributed by atoms with Gasteiger partial charge >= 0.3 is 5.97 Å². The molecule has 1 saturated carbocycles. The zero-order valence-electron chi connectivity index (χ0n) is 10.8. The minimum atomic E-state index is -4.01. The normalized spacial score (nSPS) is 15.6. The lowest BCUT2D eigenvalue weighted by Gasteiger charge is -2.25. The van der Waals surface area contributed by atoms with E-state index in [0.717, 1.165) is 19.3 Å². The molecular formula is C12H14BrNO5S. The molecule has 0 saturated heterocycles. The van der Waals surface area contributed by atoms with Crippen molar-refractivity contribution in [1.82, 2.24) is 0 Å². The number of benzene rings is 1. The maximum absolute atomic E-state index is 12.0. The Kier molecular flexibility index (Phi) is 4.36. The highest BCUT2D eigenvalue weighted by molar-refractivity contribution is 9.10. The van der Waals surface area contributed by atoms with E-state index in [1.807, 2.05) is 0 Å². The van der Waals surface area contributed by atoms with Crippen molar-refractivity contribution < 1.29 is 22.7 Å². The summed E-state index contributed by atoms with van der Waals surface area (Å²) < 4.78 is 33.7. The second-order valence-electron chi connectivity index (χ2n) is 4.49. The Bertz CT molecular complexity index is 639. The minimum absolute atomic E-state index is 0.0627. The van der Waals surface area contributed by atoms with Gasteiger partial charge in [0.1, 0.15) is 11.0 Å². The minimum Gasteiger partial charge on any atom is -0.494 e. The van der Waals surface area contributed by atoms with Crippen LogP contribution in [0.4, 0.5) is 0 Å². The second kappa shape index (κ2) is 5.71. The van der Waals surface area contributed by atoms with Gasteiger partial charge in [0.2, 0.25) is 10.0 Å². The zero-order valence-corrected chi connectivity index (χ0v) is 13.2. The summed E-state index contributed by atoms with van der Waals surface area (Å²) in [5.41, 5.74) is 0.119. The Morgan fingerprint density at radius 3 is 2.50 bits per heavy atom. The number of carbonyl (C=O) groups is 1. The van der Waals surface area contributed by atoms with Crippen LogP contribution in [0.25, 0.3) is 0 Å². The maximum Gasteiger partial charge on any atom is 0.338 e. The van der Waals surface area contributed by atoms with Gasteiger partial charge in [0, 0.05) is 0 Å². The fourth-order valence-corrected chi connectivity index (χ4v) is 3.30. The molecule has 0 unspecified atom stereocenters. The SMILES string of the molecule is COc1c(Br)cc(C(=O)OC2CCC2)cc1S(N)(=O)=O. The molecule has 2 rings (SSSR count). The first-order chi connectivity index (χ1) is 9.32. The third kappa shape index (κ3) is 3.13. The van der Waals surface area contributed by atoms with Crippen LogP contribution in [0.15, 0.2) is 21.5 Å². The lowest BCUT2D eigenvalue weighted by Crippen LogP contribution is -2.25. The van der Waals surface area contributed by atoms with Gasteiger partial charge in [0.25, 0.3) is 0 Å². The largest absolute Gasteiger partial charge is 0.494 e. The van der Waals surface area contributed by atoms with Gasteiger partial charge in [0.15, 0.2) is 5.75 Å².